The van der Waals surface area contributed by atoms with Crippen molar-refractivity contribution >= 4 is 5.96 Å². The summed E-state index contributed by atoms with van der Waals surface area (Å²) in [4.78, 5) is 5.09. The van der Waals surface area contributed by atoms with Crippen LogP contribution in [0.5, 0.6) is 0 Å². The summed E-state index contributed by atoms with van der Waals surface area (Å²) in [6.45, 7) is 0.859. The van der Waals surface area contributed by atoms with Crippen molar-refractivity contribution in [3.63, 3.8) is 0 Å². The van der Waals surface area contributed by atoms with Crippen LogP contribution in [-0.2, 0) is 6.54 Å². The fraction of sp³-hybridized carbons (Fsp3) is 0.500. The second-order valence-electron chi connectivity index (χ2n) is 1.91. The van der Waals surface area contributed by atoms with Crippen LogP contribution in [0.3, 0.4) is 0 Å². The maximum Gasteiger partial charge on any atom is 0.212 e. The summed E-state index contributed by atoms with van der Waals surface area (Å²) in [5.74, 6) is -0.0323. The molecule has 0 aliphatic carbocycles. The van der Waals surface area contributed by atoms with E-state index in [1.54, 1.807) is 5.48 Å². The molecule has 0 unspecified atom stereocenters. The Kier molecular flexibility index (Phi) is 2.96. The molecule has 1 rings (SSSR count). The molecule has 8 nitrogen and oxygen atoms in total. The van der Waals surface area contributed by atoms with Crippen LogP contribution in [0.2, 0.25) is 0 Å². The number of hydrogen-bond donors (Lipinski definition) is 3. The number of nitrogens with zero attached hydrogens (tertiary/aromatic N) is 5. The smallest absolute Gasteiger partial charge is 0.212 e. The van der Waals surface area contributed by atoms with E-state index in [0.29, 0.717) is 13.1 Å². The fourth-order valence-corrected chi connectivity index (χ4v) is 0.586. The van der Waals surface area contributed by atoms with Gasteiger partial charge in [0.2, 0.25) is 5.96 Å². The number of hydrogen-bond acceptors (Lipinski definition) is 5. The molecule has 1 aromatic rings. The van der Waals surface area contributed by atoms with E-state index in [2.05, 4.69) is 20.4 Å². The van der Waals surface area contributed by atoms with Gasteiger partial charge in [0.25, 0.3) is 0 Å². The van der Waals surface area contributed by atoms with Crippen molar-refractivity contribution in [3.05, 3.63) is 6.33 Å². The first-order valence-corrected chi connectivity index (χ1v) is 3.23. The van der Waals surface area contributed by atoms with Crippen molar-refractivity contribution in [2.24, 2.45) is 10.7 Å². The lowest BCUT2D eigenvalue weighted by Gasteiger charge is -1.96. The number of aromatic nitrogens is 4. The largest absolute Gasteiger partial charge is 0.368 e. The quantitative estimate of drug-likeness (QED) is 0.274. The van der Waals surface area contributed by atoms with Crippen LogP contribution in [0.25, 0.3) is 0 Å². The second kappa shape index (κ2) is 4.23. The summed E-state index contributed by atoms with van der Waals surface area (Å²) in [5, 5.41) is 19.1. The number of hydroxylamine groups is 1. The van der Waals surface area contributed by atoms with E-state index >= 15 is 0 Å². The monoisotopic (exact) mass is 171 g/mol. The van der Waals surface area contributed by atoms with Crippen LogP contribution in [0, 0.1) is 0 Å². The van der Waals surface area contributed by atoms with Crippen molar-refractivity contribution in [1.29, 1.82) is 0 Å². The third kappa shape index (κ3) is 2.50. The molecule has 0 atom stereocenters. The first-order valence-electron chi connectivity index (χ1n) is 3.23. The standard InChI is InChI=1S/C4H9N7O/c5-4(9-12)6-1-2-11-8-3-7-10-11/h3,12H,1-2H2,(H3,5,6,9). The van der Waals surface area contributed by atoms with Crippen LogP contribution in [0.1, 0.15) is 0 Å². The topological polar surface area (TPSA) is 114 Å². The minimum absolute atomic E-state index is 0.0323. The van der Waals surface area contributed by atoms with E-state index in [4.69, 9.17) is 10.9 Å². The summed E-state index contributed by atoms with van der Waals surface area (Å²) in [5.41, 5.74) is 6.84. The highest BCUT2D eigenvalue weighted by molar-refractivity contribution is 5.76. The van der Waals surface area contributed by atoms with Gasteiger partial charge in [-0.3, -0.25) is 5.21 Å². The molecule has 8 heteroatoms. The Morgan fingerprint density at radius 3 is 3.17 bits per heavy atom. The molecule has 0 aliphatic rings. The Morgan fingerprint density at radius 2 is 2.58 bits per heavy atom. The molecule has 4 N–H and O–H groups in total. The van der Waals surface area contributed by atoms with Gasteiger partial charge in [-0.1, -0.05) is 0 Å². The first kappa shape index (κ1) is 8.40. The van der Waals surface area contributed by atoms with E-state index in [0.717, 1.165) is 0 Å². The molecule has 66 valence electrons. The lowest BCUT2D eigenvalue weighted by molar-refractivity contribution is 0.232. The molecular formula is C4H9N7O. The zero-order valence-corrected chi connectivity index (χ0v) is 6.25. The zero-order valence-electron chi connectivity index (χ0n) is 6.25. The van der Waals surface area contributed by atoms with Crippen LogP contribution in [0.15, 0.2) is 11.3 Å². The molecule has 0 fully saturated rings. The summed E-state index contributed by atoms with van der Waals surface area (Å²) in [6, 6.07) is 0. The zero-order chi connectivity index (χ0) is 8.81. The van der Waals surface area contributed by atoms with Gasteiger partial charge >= 0.3 is 0 Å². The Hall–Kier alpha value is -1.70. The second-order valence-corrected chi connectivity index (χ2v) is 1.91. The van der Waals surface area contributed by atoms with Crippen molar-refractivity contribution < 1.29 is 5.21 Å². The van der Waals surface area contributed by atoms with E-state index in [9.17, 15) is 0 Å². The Labute approximate surface area is 68.0 Å². The van der Waals surface area contributed by atoms with Crippen LogP contribution in [-0.4, -0.2) is 37.9 Å². The van der Waals surface area contributed by atoms with Gasteiger partial charge in [0.15, 0.2) is 6.33 Å². The van der Waals surface area contributed by atoms with Gasteiger partial charge in [0, 0.05) is 0 Å². The Bertz CT molecular complexity index is 242. The van der Waals surface area contributed by atoms with E-state index in [1.165, 1.54) is 11.1 Å². The lowest BCUT2D eigenvalue weighted by Crippen LogP contribution is -2.28. The predicted octanol–water partition coefficient (Wildman–Crippen LogP) is -2.03. The molecule has 0 aliphatic heterocycles. The van der Waals surface area contributed by atoms with E-state index in [1.807, 2.05) is 0 Å². The molecule has 0 radical (unpaired) electrons. The molecule has 0 saturated heterocycles. The molecule has 0 amide bonds. The average molecular weight is 171 g/mol. The van der Waals surface area contributed by atoms with Crippen molar-refractivity contribution in [3.8, 4) is 0 Å². The number of rotatable bonds is 3. The third-order valence-electron chi connectivity index (χ3n) is 1.09. The minimum Gasteiger partial charge on any atom is -0.368 e. The van der Waals surface area contributed by atoms with Crippen molar-refractivity contribution in [2.75, 3.05) is 6.54 Å². The summed E-state index contributed by atoms with van der Waals surface area (Å²) >= 11 is 0. The predicted molar refractivity (Wildman–Crippen MR) is 39.2 cm³/mol. The molecular weight excluding hydrogens is 162 g/mol. The van der Waals surface area contributed by atoms with E-state index < -0.39 is 0 Å². The van der Waals surface area contributed by atoms with Gasteiger partial charge in [-0.05, 0) is 5.21 Å². The summed E-state index contributed by atoms with van der Waals surface area (Å²) in [6.07, 6.45) is 1.33. The van der Waals surface area contributed by atoms with E-state index in [-0.39, 0.29) is 5.96 Å². The normalized spacial score (nSPS) is 11.6. The molecule has 12 heavy (non-hydrogen) atoms. The minimum atomic E-state index is -0.0323. The maximum absolute atomic E-state index is 8.24. The van der Waals surface area contributed by atoms with Gasteiger partial charge in [0.05, 0.1) is 13.1 Å². The highest BCUT2D eigenvalue weighted by atomic mass is 16.5. The van der Waals surface area contributed by atoms with Gasteiger partial charge in [-0.15, -0.1) is 10.2 Å². The fourth-order valence-electron chi connectivity index (χ4n) is 0.586. The highest BCUT2D eigenvalue weighted by Gasteiger charge is 1.91. The average Bonchev–Trinajstić information content (AvgIpc) is 2.57. The van der Waals surface area contributed by atoms with Crippen LogP contribution >= 0.6 is 0 Å². The Balaban J connectivity index is 2.28. The van der Waals surface area contributed by atoms with Crippen molar-refractivity contribution in [1.82, 2.24) is 25.7 Å². The number of guanidine groups is 1. The maximum atomic E-state index is 8.24. The molecule has 1 heterocycles. The number of aliphatic imine (C=N–C) groups is 1. The molecule has 0 spiro atoms. The number of nitrogens with two attached hydrogens (primary N) is 1. The summed E-state index contributed by atoms with van der Waals surface area (Å²) < 4.78 is 0. The third-order valence-corrected chi connectivity index (χ3v) is 1.09. The van der Waals surface area contributed by atoms with Gasteiger partial charge in [0.1, 0.15) is 0 Å². The SMILES string of the molecule is NC(=NCCn1ncnn1)NO. The van der Waals surface area contributed by atoms with Gasteiger partial charge < -0.3 is 5.73 Å². The molecule has 0 aromatic carbocycles. The van der Waals surface area contributed by atoms with Crippen LogP contribution < -0.4 is 11.2 Å². The molecule has 0 bridgehead atoms. The highest BCUT2D eigenvalue weighted by Crippen LogP contribution is 1.76. The number of nitrogens with one attached hydrogen (secondary N) is 1. The van der Waals surface area contributed by atoms with Crippen molar-refractivity contribution in [2.45, 2.75) is 6.54 Å². The van der Waals surface area contributed by atoms with Gasteiger partial charge in [-0.2, -0.15) is 4.80 Å². The first-order chi connectivity index (χ1) is 5.83. The molecule has 0 saturated carbocycles. The van der Waals surface area contributed by atoms with Crippen LogP contribution in [0.4, 0.5) is 0 Å². The number of tetrazole rings is 1. The Morgan fingerprint density at radius 1 is 1.75 bits per heavy atom. The lowest BCUT2D eigenvalue weighted by atomic mass is 10.7. The molecule has 1 aromatic heterocycles. The summed E-state index contributed by atoms with van der Waals surface area (Å²) in [7, 11) is 0. The van der Waals surface area contributed by atoms with Gasteiger partial charge in [-0.25, -0.2) is 10.5 Å².